The van der Waals surface area contributed by atoms with Crippen LogP contribution in [0.2, 0.25) is 0 Å². The Morgan fingerprint density at radius 2 is 2.15 bits per heavy atom. The molecule has 1 saturated heterocycles. The van der Waals surface area contributed by atoms with Gasteiger partial charge in [-0.3, -0.25) is 14.6 Å². The normalized spacial score (nSPS) is 18.7. The summed E-state index contributed by atoms with van der Waals surface area (Å²) in [6.07, 6.45) is -3.36. The average Bonchev–Trinajstić information content (AvgIpc) is 3.15. The zero-order valence-corrected chi connectivity index (χ0v) is 17.6. The molecule has 0 aliphatic carbocycles. The lowest BCUT2D eigenvalue weighted by molar-refractivity contribution is -0.150. The number of nitrogens with zero attached hydrogens (tertiary/aromatic N) is 2. The van der Waals surface area contributed by atoms with Crippen molar-refractivity contribution in [3.05, 3.63) is 53.1 Å². The van der Waals surface area contributed by atoms with Crippen molar-refractivity contribution in [2.75, 3.05) is 23.4 Å². The van der Waals surface area contributed by atoms with E-state index >= 15 is 0 Å². The maximum Gasteiger partial charge on any atom is 0.387 e. The molecule has 0 spiro atoms. The predicted molar refractivity (Wildman–Crippen MR) is 115 cm³/mol. The molecule has 0 unspecified atom stereocenters. The topological polar surface area (TPSA) is 126 Å². The van der Waals surface area contributed by atoms with Crippen LogP contribution in [0, 0.1) is 6.92 Å². The summed E-state index contributed by atoms with van der Waals surface area (Å²) >= 11 is 0. The molecule has 2 heterocycles. The second kappa shape index (κ2) is 9.12. The predicted octanol–water partition coefficient (Wildman–Crippen LogP) is 1.55. The molecule has 1 fully saturated rings. The van der Waals surface area contributed by atoms with Gasteiger partial charge in [0.2, 0.25) is 0 Å². The summed E-state index contributed by atoms with van der Waals surface area (Å²) in [5.74, 6) is -1.34. The quantitative estimate of drug-likeness (QED) is 0.601. The number of carbonyl (C=O) groups is 2. The average molecular weight is 460 g/mol. The van der Waals surface area contributed by atoms with Gasteiger partial charge in [-0.05, 0) is 42.3 Å². The first-order chi connectivity index (χ1) is 15.8. The Kier molecular flexibility index (Phi) is 6.25. The van der Waals surface area contributed by atoms with Gasteiger partial charge in [-0.25, -0.2) is 0 Å². The van der Waals surface area contributed by atoms with Crippen LogP contribution < -0.4 is 20.7 Å². The molecule has 9 nitrogen and oxygen atoms in total. The summed E-state index contributed by atoms with van der Waals surface area (Å²) in [7, 11) is 0. The van der Waals surface area contributed by atoms with Crippen LogP contribution in [0.1, 0.15) is 16.7 Å². The third-order valence-corrected chi connectivity index (χ3v) is 5.43. The van der Waals surface area contributed by atoms with E-state index in [4.69, 9.17) is 10.5 Å². The van der Waals surface area contributed by atoms with E-state index in [2.05, 4.69) is 15.0 Å². The number of aliphatic hydroxyl groups is 1. The number of amides is 2. The molecule has 0 bridgehead atoms. The Morgan fingerprint density at radius 1 is 1.36 bits per heavy atom. The van der Waals surface area contributed by atoms with Crippen LogP contribution in [-0.4, -0.2) is 54.7 Å². The van der Waals surface area contributed by atoms with Crippen molar-refractivity contribution in [1.29, 1.82) is 0 Å². The van der Waals surface area contributed by atoms with Crippen LogP contribution in [0.25, 0.3) is 0 Å². The fourth-order valence-electron chi connectivity index (χ4n) is 3.82. The van der Waals surface area contributed by atoms with Gasteiger partial charge in [0.25, 0.3) is 11.8 Å². The van der Waals surface area contributed by atoms with E-state index in [0.29, 0.717) is 23.6 Å². The summed E-state index contributed by atoms with van der Waals surface area (Å²) in [6, 6.07) is 9.61. The smallest absolute Gasteiger partial charge is 0.387 e. The van der Waals surface area contributed by atoms with Gasteiger partial charge in [-0.1, -0.05) is 12.1 Å². The number of hydrogen-bond acceptors (Lipinski definition) is 7. The van der Waals surface area contributed by atoms with Crippen molar-refractivity contribution in [1.82, 2.24) is 0 Å². The SMILES string of the molecule is Cc1cccc(N2CCO[C@H]([C@@H](O)C(=O)Nc3ccc4c(c3)CN=C4N)C2=O)c1OC(F)F. The van der Waals surface area contributed by atoms with Crippen molar-refractivity contribution in [2.45, 2.75) is 32.3 Å². The number of rotatable bonds is 6. The summed E-state index contributed by atoms with van der Waals surface area (Å²) in [6.45, 7) is -1.11. The molecule has 11 heteroatoms. The van der Waals surface area contributed by atoms with Gasteiger partial charge in [0.05, 0.1) is 18.8 Å². The molecular formula is C22H22F2N4O5. The van der Waals surface area contributed by atoms with Crippen LogP contribution in [0.15, 0.2) is 41.4 Å². The van der Waals surface area contributed by atoms with Crippen LogP contribution >= 0.6 is 0 Å². The van der Waals surface area contributed by atoms with Gasteiger partial charge in [0, 0.05) is 17.8 Å². The van der Waals surface area contributed by atoms with Gasteiger partial charge in [-0.15, -0.1) is 0 Å². The van der Waals surface area contributed by atoms with Crippen molar-refractivity contribution < 1.29 is 33.0 Å². The second-order valence-corrected chi connectivity index (χ2v) is 7.59. The minimum Gasteiger partial charge on any atom is -0.432 e. The molecule has 4 N–H and O–H groups in total. The molecular weight excluding hydrogens is 438 g/mol. The maximum atomic E-state index is 13.1. The number of hydrogen-bond donors (Lipinski definition) is 3. The zero-order chi connectivity index (χ0) is 23.7. The fraction of sp³-hybridized carbons (Fsp3) is 0.318. The number of morpholine rings is 1. The molecule has 4 rings (SSSR count). The molecule has 0 aromatic heterocycles. The zero-order valence-electron chi connectivity index (χ0n) is 17.6. The van der Waals surface area contributed by atoms with Crippen LogP contribution in [0.4, 0.5) is 20.2 Å². The molecule has 174 valence electrons. The van der Waals surface area contributed by atoms with Gasteiger partial charge in [0.15, 0.2) is 18.0 Å². The number of aliphatic hydroxyl groups excluding tert-OH is 1. The van der Waals surface area contributed by atoms with Gasteiger partial charge in [0.1, 0.15) is 5.84 Å². The van der Waals surface area contributed by atoms with E-state index in [-0.39, 0.29) is 24.6 Å². The number of para-hydroxylation sites is 1. The lowest BCUT2D eigenvalue weighted by atomic mass is 10.1. The number of fused-ring (bicyclic) bond motifs is 1. The number of carbonyl (C=O) groups excluding carboxylic acids is 2. The van der Waals surface area contributed by atoms with E-state index in [1.54, 1.807) is 37.3 Å². The molecule has 2 aliphatic rings. The van der Waals surface area contributed by atoms with Crippen molar-refractivity contribution in [3.8, 4) is 5.75 Å². The number of aliphatic imine (C=N–C) groups is 1. The van der Waals surface area contributed by atoms with E-state index in [9.17, 15) is 23.5 Å². The van der Waals surface area contributed by atoms with Crippen LogP contribution in [0.3, 0.4) is 0 Å². The largest absolute Gasteiger partial charge is 0.432 e. The van der Waals surface area contributed by atoms with Gasteiger partial charge in [-0.2, -0.15) is 8.78 Å². The van der Waals surface area contributed by atoms with E-state index < -0.39 is 30.6 Å². The third kappa shape index (κ3) is 4.50. The molecule has 2 atom stereocenters. The number of nitrogens with one attached hydrogen (secondary N) is 1. The highest BCUT2D eigenvalue weighted by Gasteiger charge is 2.40. The summed E-state index contributed by atoms with van der Waals surface area (Å²) in [4.78, 5) is 31.0. The molecule has 2 aliphatic heterocycles. The van der Waals surface area contributed by atoms with E-state index in [1.165, 1.54) is 11.0 Å². The molecule has 0 radical (unpaired) electrons. The monoisotopic (exact) mass is 460 g/mol. The van der Waals surface area contributed by atoms with Gasteiger partial charge >= 0.3 is 6.61 Å². The number of nitrogens with two attached hydrogens (primary N) is 1. The number of aryl methyl sites for hydroxylation is 1. The lowest BCUT2D eigenvalue weighted by Crippen LogP contribution is -2.55. The summed E-state index contributed by atoms with van der Waals surface area (Å²) in [5.41, 5.74) is 8.29. The number of benzene rings is 2. The second-order valence-electron chi connectivity index (χ2n) is 7.59. The Bertz CT molecular complexity index is 1120. The highest BCUT2D eigenvalue weighted by Crippen LogP contribution is 2.35. The summed E-state index contributed by atoms with van der Waals surface area (Å²) in [5, 5.41) is 13.1. The number of alkyl halides is 2. The van der Waals surface area contributed by atoms with Crippen molar-refractivity contribution in [2.24, 2.45) is 10.7 Å². The standard InChI is InChI=1S/C22H22F2N4O5/c1-11-3-2-4-15(17(11)33-22(23)24)28-7-8-32-18(21(28)31)16(29)20(30)27-13-5-6-14-12(9-13)10-26-19(14)25/h2-6,9,16,18,22,29H,7-8,10H2,1H3,(H2,25,26)(H,27,30)/t16-,18-/m1/s1. The molecule has 2 amide bonds. The number of ether oxygens (including phenoxy) is 2. The number of halogens is 2. The highest BCUT2D eigenvalue weighted by atomic mass is 19.3. The molecule has 33 heavy (non-hydrogen) atoms. The Labute approximate surface area is 187 Å². The Balaban J connectivity index is 1.50. The van der Waals surface area contributed by atoms with Gasteiger partial charge < -0.3 is 30.5 Å². The van der Waals surface area contributed by atoms with Crippen LogP contribution in [0.5, 0.6) is 5.75 Å². The van der Waals surface area contributed by atoms with Crippen LogP contribution in [-0.2, 0) is 20.9 Å². The fourth-order valence-corrected chi connectivity index (χ4v) is 3.82. The number of amidine groups is 1. The minimum absolute atomic E-state index is 0.0156. The molecule has 0 saturated carbocycles. The highest BCUT2D eigenvalue weighted by molar-refractivity contribution is 6.05. The van der Waals surface area contributed by atoms with Crippen molar-refractivity contribution in [3.63, 3.8) is 0 Å². The van der Waals surface area contributed by atoms with E-state index in [1.807, 2.05) is 0 Å². The first-order valence-corrected chi connectivity index (χ1v) is 10.2. The first kappa shape index (κ1) is 22.6. The Hall–Kier alpha value is -3.57. The van der Waals surface area contributed by atoms with Crippen molar-refractivity contribution >= 4 is 29.0 Å². The lowest BCUT2D eigenvalue weighted by Gasteiger charge is -2.35. The van der Waals surface area contributed by atoms with E-state index in [0.717, 1.165) is 11.1 Å². The maximum absolute atomic E-state index is 13.1. The molecule has 2 aromatic carbocycles. The third-order valence-electron chi connectivity index (χ3n) is 5.43. The Morgan fingerprint density at radius 3 is 2.91 bits per heavy atom. The molecule has 2 aromatic rings. The number of anilines is 2. The summed E-state index contributed by atoms with van der Waals surface area (Å²) < 4.78 is 35.8. The first-order valence-electron chi connectivity index (χ1n) is 10.2. The minimum atomic E-state index is -3.08.